The van der Waals surface area contributed by atoms with Gasteiger partial charge in [-0.1, -0.05) is 41.8 Å². The van der Waals surface area contributed by atoms with Gasteiger partial charge in [-0.25, -0.2) is 4.98 Å². The molecule has 0 amide bonds. The average molecular weight is 309 g/mol. The van der Waals surface area contributed by atoms with Crippen LogP contribution < -0.4 is 0 Å². The molecule has 0 fully saturated rings. The van der Waals surface area contributed by atoms with Crippen LogP contribution in [-0.4, -0.2) is 20.0 Å². The Balaban J connectivity index is 1.64. The summed E-state index contributed by atoms with van der Waals surface area (Å²) in [6.07, 6.45) is 4.11. The van der Waals surface area contributed by atoms with Gasteiger partial charge in [0.1, 0.15) is 11.4 Å². The Hall–Kier alpha value is -2.64. The molecule has 3 rings (SSSR count). The van der Waals surface area contributed by atoms with Gasteiger partial charge in [0.2, 0.25) is 0 Å². The second kappa shape index (κ2) is 6.88. The fourth-order valence-electron chi connectivity index (χ4n) is 1.94. The molecule has 0 unspecified atom stereocenters. The molecule has 5 heteroatoms. The van der Waals surface area contributed by atoms with Crippen molar-refractivity contribution in [2.24, 2.45) is 0 Å². The summed E-state index contributed by atoms with van der Waals surface area (Å²) in [6.45, 7) is 0.629. The van der Waals surface area contributed by atoms with Gasteiger partial charge in [-0.15, -0.1) is 0 Å². The SMILES string of the molecule is Clc1ccccc1-c1cnn(CCC#Cc2ccccn2)n1. The van der Waals surface area contributed by atoms with Crippen LogP contribution >= 0.6 is 11.6 Å². The van der Waals surface area contributed by atoms with E-state index in [1.807, 2.05) is 42.5 Å². The average Bonchev–Trinajstić information content (AvgIpc) is 3.02. The molecule has 0 atom stereocenters. The normalized spacial score (nSPS) is 10.0. The molecule has 0 bridgehead atoms. The number of aryl methyl sites for hydroxylation is 1. The van der Waals surface area contributed by atoms with Crippen LogP contribution in [0.1, 0.15) is 12.1 Å². The number of hydrogen-bond acceptors (Lipinski definition) is 3. The highest BCUT2D eigenvalue weighted by Crippen LogP contribution is 2.24. The van der Waals surface area contributed by atoms with E-state index in [4.69, 9.17) is 11.6 Å². The summed E-state index contributed by atoms with van der Waals surface area (Å²) in [5, 5.41) is 9.34. The molecule has 0 N–H and O–H groups in total. The lowest BCUT2D eigenvalue weighted by molar-refractivity contribution is 0.549. The van der Waals surface area contributed by atoms with Crippen molar-refractivity contribution in [3.05, 3.63) is 65.6 Å². The van der Waals surface area contributed by atoms with Crippen molar-refractivity contribution < 1.29 is 0 Å². The number of benzene rings is 1. The Labute approximate surface area is 133 Å². The maximum Gasteiger partial charge on any atom is 0.114 e. The lowest BCUT2D eigenvalue weighted by Crippen LogP contribution is -2.01. The molecule has 4 nitrogen and oxygen atoms in total. The van der Waals surface area contributed by atoms with Gasteiger partial charge < -0.3 is 0 Å². The van der Waals surface area contributed by atoms with Crippen molar-refractivity contribution in [2.45, 2.75) is 13.0 Å². The summed E-state index contributed by atoms with van der Waals surface area (Å²) in [7, 11) is 0. The maximum atomic E-state index is 6.16. The molecule has 0 saturated carbocycles. The minimum absolute atomic E-state index is 0.629. The van der Waals surface area contributed by atoms with E-state index < -0.39 is 0 Å². The molecule has 1 aromatic carbocycles. The quantitative estimate of drug-likeness (QED) is 0.696. The monoisotopic (exact) mass is 308 g/mol. The topological polar surface area (TPSA) is 43.6 Å². The summed E-state index contributed by atoms with van der Waals surface area (Å²) in [6, 6.07) is 13.3. The molecule has 3 aromatic rings. The summed E-state index contributed by atoms with van der Waals surface area (Å²) in [5.74, 6) is 6.08. The fourth-order valence-corrected chi connectivity index (χ4v) is 2.18. The summed E-state index contributed by atoms with van der Waals surface area (Å²) >= 11 is 6.16. The first-order valence-electron chi connectivity index (χ1n) is 6.88. The molecular formula is C17H13ClN4. The Bertz CT molecular complexity index is 815. The van der Waals surface area contributed by atoms with E-state index in [-0.39, 0.29) is 0 Å². The molecule has 0 saturated heterocycles. The predicted molar refractivity (Wildman–Crippen MR) is 86.2 cm³/mol. The zero-order valence-electron chi connectivity index (χ0n) is 11.8. The van der Waals surface area contributed by atoms with Gasteiger partial charge in [-0.3, -0.25) is 0 Å². The molecular weight excluding hydrogens is 296 g/mol. The zero-order valence-corrected chi connectivity index (χ0v) is 12.5. The minimum Gasteiger partial charge on any atom is -0.248 e. The van der Waals surface area contributed by atoms with E-state index in [2.05, 4.69) is 27.0 Å². The first-order valence-corrected chi connectivity index (χ1v) is 7.26. The summed E-state index contributed by atoms with van der Waals surface area (Å²) in [4.78, 5) is 5.78. The van der Waals surface area contributed by atoms with Crippen molar-refractivity contribution in [2.75, 3.05) is 0 Å². The third-order valence-electron chi connectivity index (χ3n) is 3.00. The van der Waals surface area contributed by atoms with E-state index in [1.54, 1.807) is 17.2 Å². The van der Waals surface area contributed by atoms with Crippen LogP contribution in [-0.2, 0) is 6.54 Å². The van der Waals surface area contributed by atoms with E-state index >= 15 is 0 Å². The van der Waals surface area contributed by atoms with E-state index in [0.717, 1.165) is 17.0 Å². The van der Waals surface area contributed by atoms with Crippen LogP contribution in [0.4, 0.5) is 0 Å². The van der Waals surface area contributed by atoms with Crippen LogP contribution in [0.5, 0.6) is 0 Å². The highest BCUT2D eigenvalue weighted by atomic mass is 35.5. The maximum absolute atomic E-state index is 6.16. The number of nitrogens with zero attached hydrogens (tertiary/aromatic N) is 4. The first-order chi connectivity index (χ1) is 10.8. The van der Waals surface area contributed by atoms with Crippen molar-refractivity contribution in [3.8, 4) is 23.1 Å². The molecule has 0 radical (unpaired) electrons. The molecule has 22 heavy (non-hydrogen) atoms. The van der Waals surface area contributed by atoms with Crippen LogP contribution in [0.25, 0.3) is 11.3 Å². The fraction of sp³-hybridized carbons (Fsp3) is 0.118. The molecule has 2 heterocycles. The van der Waals surface area contributed by atoms with Gasteiger partial charge in [0, 0.05) is 18.2 Å². The van der Waals surface area contributed by atoms with Gasteiger partial charge in [0.05, 0.1) is 17.8 Å². The van der Waals surface area contributed by atoms with E-state index in [0.29, 0.717) is 18.0 Å². The highest BCUT2D eigenvalue weighted by molar-refractivity contribution is 6.33. The van der Waals surface area contributed by atoms with Crippen LogP contribution in [0.3, 0.4) is 0 Å². The van der Waals surface area contributed by atoms with Crippen LogP contribution in [0, 0.1) is 11.8 Å². The second-order valence-corrected chi connectivity index (χ2v) is 4.98. The Morgan fingerprint density at radius 1 is 1.09 bits per heavy atom. The molecule has 2 aromatic heterocycles. The number of hydrogen-bond donors (Lipinski definition) is 0. The third-order valence-corrected chi connectivity index (χ3v) is 3.33. The minimum atomic E-state index is 0.629. The lowest BCUT2D eigenvalue weighted by atomic mass is 10.2. The van der Waals surface area contributed by atoms with E-state index in [1.165, 1.54) is 0 Å². The highest BCUT2D eigenvalue weighted by Gasteiger charge is 2.06. The molecule has 0 aliphatic heterocycles. The first kappa shape index (κ1) is 14.3. The summed E-state index contributed by atoms with van der Waals surface area (Å²) in [5.41, 5.74) is 2.42. The molecule has 0 aliphatic carbocycles. The van der Waals surface area contributed by atoms with E-state index in [9.17, 15) is 0 Å². The molecule has 0 aliphatic rings. The standard InChI is InChI=1S/C17H13ClN4/c18-16-10-2-1-9-15(16)17-13-20-22(21-17)12-6-4-8-14-7-3-5-11-19-14/h1-3,5,7,9-11,13H,6,12H2. The van der Waals surface area contributed by atoms with Gasteiger partial charge in [0.15, 0.2) is 0 Å². The van der Waals surface area contributed by atoms with Crippen molar-refractivity contribution in [1.82, 2.24) is 20.0 Å². The zero-order chi connectivity index (χ0) is 15.2. The Morgan fingerprint density at radius 3 is 2.77 bits per heavy atom. The smallest absolute Gasteiger partial charge is 0.114 e. The van der Waals surface area contributed by atoms with Crippen LogP contribution in [0.2, 0.25) is 5.02 Å². The largest absolute Gasteiger partial charge is 0.248 e. The molecule has 0 spiro atoms. The second-order valence-electron chi connectivity index (χ2n) is 4.57. The van der Waals surface area contributed by atoms with Crippen molar-refractivity contribution in [3.63, 3.8) is 0 Å². The van der Waals surface area contributed by atoms with Gasteiger partial charge in [-0.2, -0.15) is 15.0 Å². The predicted octanol–water partition coefficient (Wildman–Crippen LogP) is 3.44. The molecule has 108 valence electrons. The van der Waals surface area contributed by atoms with Gasteiger partial charge in [0.25, 0.3) is 0 Å². The lowest BCUT2D eigenvalue weighted by Gasteiger charge is -1.98. The third kappa shape index (κ3) is 3.51. The van der Waals surface area contributed by atoms with Crippen molar-refractivity contribution >= 4 is 11.6 Å². The van der Waals surface area contributed by atoms with Crippen molar-refractivity contribution in [1.29, 1.82) is 0 Å². The summed E-state index contributed by atoms with van der Waals surface area (Å²) < 4.78 is 0. The number of pyridine rings is 1. The van der Waals surface area contributed by atoms with Gasteiger partial charge >= 0.3 is 0 Å². The van der Waals surface area contributed by atoms with Gasteiger partial charge in [-0.05, 0) is 24.1 Å². The number of rotatable bonds is 3. The Morgan fingerprint density at radius 2 is 1.95 bits per heavy atom. The number of halogens is 1. The Kier molecular flexibility index (Phi) is 4.47. The number of aromatic nitrogens is 4. The van der Waals surface area contributed by atoms with Crippen LogP contribution in [0.15, 0.2) is 54.9 Å².